The van der Waals surface area contributed by atoms with Crippen LogP contribution in [0.3, 0.4) is 0 Å². The summed E-state index contributed by atoms with van der Waals surface area (Å²) in [4.78, 5) is 7.44. The number of hydrogen-bond acceptors (Lipinski definition) is 3. The van der Waals surface area contributed by atoms with Crippen molar-refractivity contribution < 1.29 is 17.2 Å². The van der Waals surface area contributed by atoms with Gasteiger partial charge in [-0.25, -0.2) is 22.2 Å². The molecule has 3 aromatic rings. The second-order valence-corrected chi connectivity index (χ2v) is 8.36. The minimum absolute atomic E-state index is 0.152. The van der Waals surface area contributed by atoms with Crippen molar-refractivity contribution in [1.82, 2.24) is 14.3 Å². The molecule has 0 radical (unpaired) electrons. The molecule has 5 nitrogen and oxygen atoms in total. The van der Waals surface area contributed by atoms with Gasteiger partial charge in [0, 0.05) is 13.1 Å². The van der Waals surface area contributed by atoms with Crippen LogP contribution in [-0.2, 0) is 10.0 Å². The first-order chi connectivity index (χ1) is 13.3. The lowest BCUT2D eigenvalue weighted by Crippen LogP contribution is -2.30. The first kappa shape index (κ1) is 20.4. The van der Waals surface area contributed by atoms with Gasteiger partial charge in [0.05, 0.1) is 21.0 Å². The van der Waals surface area contributed by atoms with E-state index in [0.717, 1.165) is 12.1 Å². The first-order valence-electron chi connectivity index (χ1n) is 8.58. The van der Waals surface area contributed by atoms with Crippen molar-refractivity contribution in [3.05, 3.63) is 59.4 Å². The van der Waals surface area contributed by atoms with E-state index in [1.165, 1.54) is 28.6 Å². The summed E-state index contributed by atoms with van der Waals surface area (Å²) < 4.78 is 53.1. The average molecular weight is 426 g/mol. The molecule has 9 heteroatoms. The monoisotopic (exact) mass is 425 g/mol. The number of aromatic amines is 1. The van der Waals surface area contributed by atoms with Gasteiger partial charge in [0.2, 0.25) is 10.0 Å². The van der Waals surface area contributed by atoms with E-state index in [1.807, 2.05) is 0 Å². The fraction of sp³-hybridized carbons (Fsp3) is 0.211. The van der Waals surface area contributed by atoms with Crippen LogP contribution in [0.25, 0.3) is 22.1 Å². The van der Waals surface area contributed by atoms with Gasteiger partial charge in [-0.1, -0.05) is 31.5 Å². The molecule has 1 aromatic heterocycles. The van der Waals surface area contributed by atoms with Gasteiger partial charge >= 0.3 is 0 Å². The van der Waals surface area contributed by atoms with Gasteiger partial charge < -0.3 is 4.98 Å². The zero-order valence-electron chi connectivity index (χ0n) is 15.2. The van der Waals surface area contributed by atoms with Gasteiger partial charge in [-0.15, -0.1) is 0 Å². The molecular weight excluding hydrogens is 408 g/mol. The Hall–Kier alpha value is -2.29. The third kappa shape index (κ3) is 3.94. The minimum Gasteiger partial charge on any atom is -0.337 e. The highest BCUT2D eigenvalue weighted by atomic mass is 35.5. The topological polar surface area (TPSA) is 66.1 Å². The summed E-state index contributed by atoms with van der Waals surface area (Å²) in [6, 6.07) is 8.00. The van der Waals surface area contributed by atoms with Gasteiger partial charge in [-0.2, -0.15) is 4.31 Å². The summed E-state index contributed by atoms with van der Waals surface area (Å²) in [6.45, 7) is 4.29. The van der Waals surface area contributed by atoms with Crippen LogP contribution >= 0.6 is 11.6 Å². The van der Waals surface area contributed by atoms with E-state index in [-0.39, 0.29) is 9.93 Å². The summed E-state index contributed by atoms with van der Waals surface area (Å²) >= 11 is 6.25. The molecule has 148 valence electrons. The van der Waals surface area contributed by atoms with Crippen LogP contribution in [0, 0.1) is 11.6 Å². The molecule has 0 saturated carbocycles. The Bertz CT molecular complexity index is 1160. The van der Waals surface area contributed by atoms with Gasteiger partial charge in [0.15, 0.2) is 11.6 Å². The van der Waals surface area contributed by atoms with Crippen molar-refractivity contribution in [2.24, 2.45) is 0 Å². The van der Waals surface area contributed by atoms with Gasteiger partial charge in [-0.3, -0.25) is 0 Å². The molecule has 0 saturated heterocycles. The highest BCUT2D eigenvalue weighted by molar-refractivity contribution is 7.89. The molecule has 0 aliphatic rings. The molecule has 3 rings (SSSR count). The maximum atomic E-state index is 13.3. The molecule has 0 atom stereocenters. The number of halogens is 3. The number of imidazole rings is 1. The summed E-state index contributed by atoms with van der Waals surface area (Å²) in [6.07, 6.45) is 1.44. The SMILES string of the molecule is CCN(CC)S(=O)(=O)c1ccc2nc(/C(Cl)=C/c3ccc(F)c(F)c3)[nH]c2c1. The van der Waals surface area contributed by atoms with E-state index in [2.05, 4.69) is 9.97 Å². The molecule has 0 bridgehead atoms. The maximum absolute atomic E-state index is 13.3. The number of benzene rings is 2. The lowest BCUT2D eigenvalue weighted by molar-refractivity contribution is 0.445. The first-order valence-corrected chi connectivity index (χ1v) is 10.4. The number of aromatic nitrogens is 2. The Morgan fingerprint density at radius 3 is 2.50 bits per heavy atom. The quantitative estimate of drug-likeness (QED) is 0.627. The number of nitrogens with one attached hydrogen (secondary N) is 1. The molecule has 2 aromatic carbocycles. The van der Waals surface area contributed by atoms with Crippen molar-refractivity contribution in [2.75, 3.05) is 13.1 Å². The molecule has 0 fully saturated rings. The molecule has 28 heavy (non-hydrogen) atoms. The number of sulfonamides is 1. The fourth-order valence-electron chi connectivity index (χ4n) is 2.79. The normalized spacial score (nSPS) is 12.9. The second-order valence-electron chi connectivity index (χ2n) is 6.02. The van der Waals surface area contributed by atoms with E-state index in [1.54, 1.807) is 19.9 Å². The van der Waals surface area contributed by atoms with Crippen LogP contribution in [-0.4, -0.2) is 35.8 Å². The molecule has 0 spiro atoms. The maximum Gasteiger partial charge on any atom is 0.243 e. The predicted octanol–water partition coefficient (Wildman–Crippen LogP) is 4.61. The van der Waals surface area contributed by atoms with Crippen molar-refractivity contribution >= 4 is 43.8 Å². The lowest BCUT2D eigenvalue weighted by Gasteiger charge is -2.18. The highest BCUT2D eigenvalue weighted by Gasteiger charge is 2.22. The standard InChI is InChI=1S/C19H18ClF2N3O2S/c1-3-25(4-2)28(26,27)13-6-8-17-18(11-13)24-19(23-17)14(20)9-12-5-7-15(21)16(22)10-12/h5-11H,3-4H2,1-2H3,(H,23,24)/b14-9-. The van der Waals surface area contributed by atoms with Crippen molar-refractivity contribution in [3.63, 3.8) is 0 Å². The van der Waals surface area contributed by atoms with Gasteiger partial charge in [-0.05, 0) is 42.0 Å². The van der Waals surface area contributed by atoms with E-state index >= 15 is 0 Å². The Labute approximate surface area is 166 Å². The molecular formula is C19H18ClF2N3O2S. The number of hydrogen-bond donors (Lipinski definition) is 1. The largest absolute Gasteiger partial charge is 0.337 e. The van der Waals surface area contributed by atoms with Crippen molar-refractivity contribution in [3.8, 4) is 0 Å². The van der Waals surface area contributed by atoms with Crippen LogP contribution in [0.4, 0.5) is 8.78 Å². The van der Waals surface area contributed by atoms with Crippen LogP contribution in [0.15, 0.2) is 41.3 Å². The van der Waals surface area contributed by atoms with Gasteiger partial charge in [0.25, 0.3) is 0 Å². The summed E-state index contributed by atoms with van der Waals surface area (Å²) in [7, 11) is -3.60. The highest BCUT2D eigenvalue weighted by Crippen LogP contribution is 2.26. The zero-order valence-corrected chi connectivity index (χ0v) is 16.8. The smallest absolute Gasteiger partial charge is 0.243 e. The molecule has 0 unspecified atom stereocenters. The lowest BCUT2D eigenvalue weighted by atomic mass is 10.2. The van der Waals surface area contributed by atoms with E-state index in [0.29, 0.717) is 35.5 Å². The van der Waals surface area contributed by atoms with Crippen LogP contribution in [0.1, 0.15) is 25.2 Å². The van der Waals surface area contributed by atoms with Crippen LogP contribution < -0.4 is 0 Å². The summed E-state index contributed by atoms with van der Waals surface area (Å²) in [5.41, 5.74) is 1.40. The summed E-state index contributed by atoms with van der Waals surface area (Å²) in [5.74, 6) is -1.63. The summed E-state index contributed by atoms with van der Waals surface area (Å²) in [5, 5.41) is 0.176. The number of H-pyrrole nitrogens is 1. The fourth-order valence-corrected chi connectivity index (χ4v) is 4.49. The Balaban J connectivity index is 1.98. The predicted molar refractivity (Wildman–Crippen MR) is 106 cm³/mol. The van der Waals surface area contributed by atoms with Gasteiger partial charge in [0.1, 0.15) is 5.82 Å². The second kappa shape index (κ2) is 7.98. The van der Waals surface area contributed by atoms with Crippen LogP contribution in [0.5, 0.6) is 0 Å². The van der Waals surface area contributed by atoms with Crippen molar-refractivity contribution in [2.45, 2.75) is 18.7 Å². The van der Waals surface area contributed by atoms with E-state index in [4.69, 9.17) is 11.6 Å². The van der Waals surface area contributed by atoms with E-state index in [9.17, 15) is 17.2 Å². The molecule has 1 N–H and O–H groups in total. The average Bonchev–Trinajstić information content (AvgIpc) is 3.09. The zero-order chi connectivity index (χ0) is 20.5. The number of nitrogens with zero attached hydrogens (tertiary/aromatic N) is 2. The molecule has 0 aliphatic heterocycles. The molecule has 0 aliphatic carbocycles. The number of fused-ring (bicyclic) bond motifs is 1. The Morgan fingerprint density at radius 1 is 1.14 bits per heavy atom. The minimum atomic E-state index is -3.60. The third-order valence-corrected chi connectivity index (χ3v) is 6.59. The van der Waals surface area contributed by atoms with Crippen LogP contribution in [0.2, 0.25) is 0 Å². The third-order valence-electron chi connectivity index (χ3n) is 4.26. The number of rotatable bonds is 6. The van der Waals surface area contributed by atoms with Crippen molar-refractivity contribution in [1.29, 1.82) is 0 Å². The molecule has 0 amide bonds. The van der Waals surface area contributed by atoms with E-state index < -0.39 is 21.7 Å². The Morgan fingerprint density at radius 2 is 1.86 bits per heavy atom. The molecule has 1 heterocycles. The Kier molecular flexibility index (Phi) is 5.83.